The Morgan fingerprint density at radius 3 is 1.88 bits per heavy atom. The highest BCUT2D eigenvalue weighted by Gasteiger charge is 2.50. The number of fused-ring (bicyclic) bond motifs is 3. The maximum Gasteiger partial charge on any atom is 0.340 e. The molecule has 0 saturated carbocycles. The molecule has 0 unspecified atom stereocenters. The second-order valence-corrected chi connectivity index (χ2v) is 7.97. The lowest BCUT2D eigenvalue weighted by molar-refractivity contribution is 0.0260. The fraction of sp³-hybridized carbons (Fsp3) is 0.0357. The topological polar surface area (TPSA) is 66.8 Å². The molecular formula is C28H18O4. The molecule has 0 radical (unpaired) electrons. The number of cyclic esters (lactones) is 1. The normalized spacial score (nSPS) is 17.4. The third kappa shape index (κ3) is 2.35. The minimum absolute atomic E-state index is 0.160. The molecule has 0 aromatic heterocycles. The zero-order valence-electron chi connectivity index (χ0n) is 16.9. The molecule has 4 heteroatoms. The van der Waals surface area contributed by atoms with Gasteiger partial charge in [-0.25, -0.2) is 4.79 Å². The molecule has 5 aromatic rings. The van der Waals surface area contributed by atoms with Crippen molar-refractivity contribution >= 4 is 27.5 Å². The Morgan fingerprint density at radius 1 is 0.531 bits per heavy atom. The van der Waals surface area contributed by atoms with Gasteiger partial charge in [0.2, 0.25) is 0 Å². The lowest BCUT2D eigenvalue weighted by atomic mass is 9.76. The number of benzene rings is 5. The SMILES string of the molecule is O=C1O[C@](c2cccc3c(O)cccc23)(c2ccc(O)c3ccccc23)c2ccccc21. The number of aromatic hydroxyl groups is 2. The number of hydrogen-bond acceptors (Lipinski definition) is 4. The zero-order valence-corrected chi connectivity index (χ0v) is 16.9. The lowest BCUT2D eigenvalue weighted by Gasteiger charge is -2.32. The molecule has 0 spiro atoms. The Hall–Kier alpha value is -4.31. The maximum absolute atomic E-state index is 13.1. The first-order valence-electron chi connectivity index (χ1n) is 10.4. The van der Waals surface area contributed by atoms with Crippen LogP contribution >= 0.6 is 0 Å². The van der Waals surface area contributed by atoms with Gasteiger partial charge in [-0.15, -0.1) is 0 Å². The van der Waals surface area contributed by atoms with Crippen LogP contribution in [0.1, 0.15) is 27.0 Å². The van der Waals surface area contributed by atoms with E-state index in [9.17, 15) is 15.0 Å². The highest BCUT2D eigenvalue weighted by Crippen LogP contribution is 2.51. The van der Waals surface area contributed by atoms with E-state index in [4.69, 9.17) is 4.74 Å². The number of phenolic OH excluding ortho intramolecular Hbond substituents is 2. The van der Waals surface area contributed by atoms with E-state index >= 15 is 0 Å². The van der Waals surface area contributed by atoms with Gasteiger partial charge in [0.15, 0.2) is 5.60 Å². The summed E-state index contributed by atoms with van der Waals surface area (Å²) in [6.07, 6.45) is 0. The minimum atomic E-state index is -1.24. The van der Waals surface area contributed by atoms with Crippen molar-refractivity contribution in [2.45, 2.75) is 5.60 Å². The van der Waals surface area contributed by atoms with Crippen molar-refractivity contribution in [2.75, 3.05) is 0 Å². The summed E-state index contributed by atoms with van der Waals surface area (Å²) in [4.78, 5) is 13.1. The Labute approximate surface area is 183 Å². The summed E-state index contributed by atoms with van der Waals surface area (Å²) in [5.41, 5.74) is 1.49. The predicted molar refractivity (Wildman–Crippen MR) is 123 cm³/mol. The molecule has 0 bridgehead atoms. The summed E-state index contributed by atoms with van der Waals surface area (Å²) >= 11 is 0. The van der Waals surface area contributed by atoms with Crippen molar-refractivity contribution in [1.29, 1.82) is 0 Å². The molecule has 4 nitrogen and oxygen atoms in total. The monoisotopic (exact) mass is 418 g/mol. The van der Waals surface area contributed by atoms with Crippen LogP contribution < -0.4 is 0 Å². The van der Waals surface area contributed by atoms with E-state index in [0.717, 1.165) is 27.5 Å². The van der Waals surface area contributed by atoms with Crippen LogP contribution in [0.25, 0.3) is 21.5 Å². The number of carbonyl (C=O) groups is 1. The molecular weight excluding hydrogens is 400 g/mol. The van der Waals surface area contributed by atoms with E-state index in [1.807, 2.05) is 72.8 Å². The highest BCUT2D eigenvalue weighted by molar-refractivity contribution is 6.02. The molecule has 1 atom stereocenters. The number of carbonyl (C=O) groups excluding carboxylic acids is 1. The molecule has 0 amide bonds. The van der Waals surface area contributed by atoms with Gasteiger partial charge in [0.25, 0.3) is 0 Å². The van der Waals surface area contributed by atoms with E-state index in [1.54, 1.807) is 24.3 Å². The van der Waals surface area contributed by atoms with Crippen molar-refractivity contribution in [3.05, 3.63) is 119 Å². The first-order chi connectivity index (χ1) is 15.6. The number of ether oxygens (including phenoxy) is 1. The molecule has 1 aliphatic rings. The Morgan fingerprint density at radius 2 is 1.06 bits per heavy atom. The van der Waals surface area contributed by atoms with Gasteiger partial charge in [0, 0.05) is 27.5 Å². The summed E-state index contributed by atoms with van der Waals surface area (Å²) in [5, 5.41) is 23.9. The van der Waals surface area contributed by atoms with Crippen molar-refractivity contribution in [2.24, 2.45) is 0 Å². The lowest BCUT2D eigenvalue weighted by Crippen LogP contribution is -2.30. The molecule has 6 rings (SSSR count). The van der Waals surface area contributed by atoms with Crippen LogP contribution in [0.3, 0.4) is 0 Å². The molecule has 2 N–H and O–H groups in total. The van der Waals surface area contributed by atoms with Crippen LogP contribution in [0.4, 0.5) is 0 Å². The highest BCUT2D eigenvalue weighted by atomic mass is 16.6. The summed E-state index contributed by atoms with van der Waals surface area (Å²) < 4.78 is 6.29. The second kappa shape index (κ2) is 6.59. The van der Waals surface area contributed by atoms with Crippen molar-refractivity contribution in [3.8, 4) is 11.5 Å². The summed E-state index contributed by atoms with van der Waals surface area (Å²) in [7, 11) is 0. The summed E-state index contributed by atoms with van der Waals surface area (Å²) in [6.45, 7) is 0. The van der Waals surface area contributed by atoms with E-state index in [2.05, 4.69) is 0 Å². The van der Waals surface area contributed by atoms with Crippen molar-refractivity contribution < 1.29 is 19.7 Å². The zero-order chi connectivity index (χ0) is 21.9. The molecule has 0 aliphatic carbocycles. The average molecular weight is 418 g/mol. The number of esters is 1. The van der Waals surface area contributed by atoms with E-state index in [-0.39, 0.29) is 11.5 Å². The standard InChI is InChI=1S/C28H18O4/c29-25-14-6-10-18-20(25)11-5-13-22(18)28(23-12-4-3-9-21(23)27(31)32-28)24-15-16-26(30)19-8-2-1-7-17(19)24/h1-16,29-30H/t28-/m0/s1. The number of rotatable bonds is 2. The molecule has 1 heterocycles. The largest absolute Gasteiger partial charge is 0.507 e. The molecule has 5 aromatic carbocycles. The first-order valence-corrected chi connectivity index (χ1v) is 10.4. The molecule has 1 aliphatic heterocycles. The fourth-order valence-corrected chi connectivity index (χ4v) is 4.95. The smallest absolute Gasteiger partial charge is 0.340 e. The van der Waals surface area contributed by atoms with E-state index < -0.39 is 11.6 Å². The fourth-order valence-electron chi connectivity index (χ4n) is 4.95. The third-order valence-electron chi connectivity index (χ3n) is 6.33. The van der Waals surface area contributed by atoms with Gasteiger partial charge in [-0.1, -0.05) is 72.8 Å². The van der Waals surface area contributed by atoms with Crippen molar-refractivity contribution in [3.63, 3.8) is 0 Å². The maximum atomic E-state index is 13.1. The molecule has 0 saturated heterocycles. The van der Waals surface area contributed by atoms with E-state index in [1.165, 1.54) is 0 Å². The van der Waals surface area contributed by atoms with Crippen LogP contribution in [0.15, 0.2) is 97.1 Å². The van der Waals surface area contributed by atoms with Gasteiger partial charge < -0.3 is 14.9 Å². The van der Waals surface area contributed by atoms with Gasteiger partial charge in [-0.2, -0.15) is 0 Å². The predicted octanol–water partition coefficient (Wildman–Crippen LogP) is 5.87. The second-order valence-electron chi connectivity index (χ2n) is 7.97. The number of phenols is 2. The van der Waals surface area contributed by atoms with Crippen molar-refractivity contribution in [1.82, 2.24) is 0 Å². The van der Waals surface area contributed by atoms with Crippen LogP contribution in [0, 0.1) is 0 Å². The summed E-state index contributed by atoms with van der Waals surface area (Å²) in [5.74, 6) is -0.0877. The average Bonchev–Trinajstić information content (AvgIpc) is 3.13. The van der Waals surface area contributed by atoms with E-state index in [0.29, 0.717) is 16.3 Å². The summed E-state index contributed by atoms with van der Waals surface area (Å²) in [6, 6.07) is 29.3. The molecule has 0 fully saturated rings. The number of hydrogen-bond donors (Lipinski definition) is 2. The third-order valence-corrected chi connectivity index (χ3v) is 6.33. The Kier molecular flexibility index (Phi) is 3.80. The van der Waals surface area contributed by atoms with Gasteiger partial charge >= 0.3 is 5.97 Å². The Bertz CT molecular complexity index is 1510. The van der Waals surface area contributed by atoms with Crippen LogP contribution in [0.5, 0.6) is 11.5 Å². The van der Waals surface area contributed by atoms with Crippen LogP contribution in [-0.2, 0) is 10.3 Å². The minimum Gasteiger partial charge on any atom is -0.507 e. The quantitative estimate of drug-likeness (QED) is 0.352. The molecule has 32 heavy (non-hydrogen) atoms. The van der Waals surface area contributed by atoms with Crippen LogP contribution in [0.2, 0.25) is 0 Å². The Balaban J connectivity index is 1.82. The van der Waals surface area contributed by atoms with Gasteiger partial charge in [-0.05, 0) is 35.0 Å². The van der Waals surface area contributed by atoms with Gasteiger partial charge in [0.05, 0.1) is 5.56 Å². The van der Waals surface area contributed by atoms with Gasteiger partial charge in [0.1, 0.15) is 11.5 Å². The first kappa shape index (κ1) is 18.5. The van der Waals surface area contributed by atoms with Crippen LogP contribution in [-0.4, -0.2) is 16.2 Å². The van der Waals surface area contributed by atoms with Gasteiger partial charge in [-0.3, -0.25) is 0 Å². The molecule has 154 valence electrons.